The molecule has 1 saturated heterocycles. The van der Waals surface area contributed by atoms with Crippen LogP contribution in [-0.2, 0) is 11.3 Å². The van der Waals surface area contributed by atoms with E-state index in [1.54, 1.807) is 14.2 Å². The molecule has 1 heterocycles. The van der Waals surface area contributed by atoms with Crippen molar-refractivity contribution in [3.8, 4) is 11.5 Å². The highest BCUT2D eigenvalue weighted by Crippen LogP contribution is 2.30. The molecule has 1 aromatic rings. The van der Waals surface area contributed by atoms with Gasteiger partial charge >= 0.3 is 0 Å². The molecule has 2 rings (SSSR count). The van der Waals surface area contributed by atoms with E-state index < -0.39 is 0 Å². The van der Waals surface area contributed by atoms with E-state index in [1.807, 2.05) is 12.1 Å². The van der Waals surface area contributed by atoms with Crippen LogP contribution in [0.25, 0.3) is 0 Å². The van der Waals surface area contributed by atoms with Crippen molar-refractivity contribution >= 4 is 0 Å². The van der Waals surface area contributed by atoms with Gasteiger partial charge in [0, 0.05) is 25.2 Å². The maximum Gasteiger partial charge on any atom is 0.165 e. The molecular formula is C16H26N2O3. The molecule has 0 aliphatic carbocycles. The number of rotatable bonds is 8. The number of para-hydroxylation sites is 1. The standard InChI is InChI=1S/C16H26N2O3/c1-19-15-6-3-5-14(16(15)20-2)13-17-7-4-8-18-9-11-21-12-10-18/h3,5-6,17H,4,7-13H2,1-2H3. The number of hydrogen-bond donors (Lipinski definition) is 1. The molecule has 1 N–H and O–H groups in total. The van der Waals surface area contributed by atoms with Gasteiger partial charge in [-0.05, 0) is 25.6 Å². The second-order valence-electron chi connectivity index (χ2n) is 5.14. The van der Waals surface area contributed by atoms with Crippen LogP contribution in [0.3, 0.4) is 0 Å². The predicted octanol–water partition coefficient (Wildman–Crippen LogP) is 1.52. The minimum Gasteiger partial charge on any atom is -0.493 e. The Morgan fingerprint density at radius 2 is 2.00 bits per heavy atom. The van der Waals surface area contributed by atoms with Crippen LogP contribution in [0.4, 0.5) is 0 Å². The van der Waals surface area contributed by atoms with Crippen LogP contribution in [0.1, 0.15) is 12.0 Å². The maximum absolute atomic E-state index is 5.43. The maximum atomic E-state index is 5.43. The van der Waals surface area contributed by atoms with Crippen LogP contribution < -0.4 is 14.8 Å². The van der Waals surface area contributed by atoms with Crippen molar-refractivity contribution < 1.29 is 14.2 Å². The summed E-state index contributed by atoms with van der Waals surface area (Å²) in [5.74, 6) is 1.60. The predicted molar refractivity (Wildman–Crippen MR) is 83.1 cm³/mol. The minimum atomic E-state index is 0.783. The van der Waals surface area contributed by atoms with Gasteiger partial charge in [-0.3, -0.25) is 4.90 Å². The van der Waals surface area contributed by atoms with E-state index in [-0.39, 0.29) is 0 Å². The fourth-order valence-corrected chi connectivity index (χ4v) is 2.57. The summed E-state index contributed by atoms with van der Waals surface area (Å²) in [7, 11) is 3.34. The van der Waals surface area contributed by atoms with Gasteiger partial charge in [-0.2, -0.15) is 0 Å². The van der Waals surface area contributed by atoms with Gasteiger partial charge < -0.3 is 19.5 Å². The Morgan fingerprint density at radius 3 is 2.71 bits per heavy atom. The van der Waals surface area contributed by atoms with Gasteiger partial charge in [0.05, 0.1) is 27.4 Å². The van der Waals surface area contributed by atoms with E-state index in [0.29, 0.717) is 0 Å². The van der Waals surface area contributed by atoms with Gasteiger partial charge in [0.2, 0.25) is 0 Å². The molecule has 0 atom stereocenters. The largest absolute Gasteiger partial charge is 0.493 e. The van der Waals surface area contributed by atoms with E-state index in [9.17, 15) is 0 Å². The van der Waals surface area contributed by atoms with Crippen molar-refractivity contribution in [1.29, 1.82) is 0 Å². The molecule has 0 spiro atoms. The van der Waals surface area contributed by atoms with Gasteiger partial charge in [0.25, 0.3) is 0 Å². The third kappa shape index (κ3) is 4.88. The lowest BCUT2D eigenvalue weighted by Gasteiger charge is -2.26. The Balaban J connectivity index is 1.70. The molecule has 0 bridgehead atoms. The molecule has 1 aliphatic rings. The van der Waals surface area contributed by atoms with Crippen LogP contribution in [0, 0.1) is 0 Å². The quantitative estimate of drug-likeness (QED) is 0.736. The minimum absolute atomic E-state index is 0.783. The third-order valence-corrected chi connectivity index (χ3v) is 3.73. The molecule has 1 aliphatic heterocycles. The van der Waals surface area contributed by atoms with Crippen molar-refractivity contribution in [2.75, 3.05) is 53.6 Å². The van der Waals surface area contributed by atoms with Gasteiger partial charge in [-0.1, -0.05) is 12.1 Å². The van der Waals surface area contributed by atoms with Crippen molar-refractivity contribution in [3.63, 3.8) is 0 Å². The van der Waals surface area contributed by atoms with E-state index >= 15 is 0 Å². The second-order valence-corrected chi connectivity index (χ2v) is 5.14. The Kier molecular flexibility index (Phi) is 6.79. The summed E-state index contributed by atoms with van der Waals surface area (Å²) in [5.41, 5.74) is 1.13. The number of benzene rings is 1. The first-order valence-electron chi connectivity index (χ1n) is 7.56. The zero-order valence-electron chi connectivity index (χ0n) is 13.1. The lowest BCUT2D eigenvalue weighted by molar-refractivity contribution is 0.0374. The summed E-state index contributed by atoms with van der Waals surface area (Å²) >= 11 is 0. The van der Waals surface area contributed by atoms with Crippen molar-refractivity contribution in [1.82, 2.24) is 10.2 Å². The molecule has 21 heavy (non-hydrogen) atoms. The summed E-state index contributed by atoms with van der Waals surface area (Å²) in [6.07, 6.45) is 1.15. The number of methoxy groups -OCH3 is 2. The lowest BCUT2D eigenvalue weighted by atomic mass is 10.2. The van der Waals surface area contributed by atoms with Crippen LogP contribution in [0.5, 0.6) is 11.5 Å². The molecule has 0 amide bonds. The number of nitrogens with zero attached hydrogens (tertiary/aromatic N) is 1. The summed E-state index contributed by atoms with van der Waals surface area (Å²) in [4.78, 5) is 2.46. The highest BCUT2D eigenvalue weighted by Gasteiger charge is 2.10. The van der Waals surface area contributed by atoms with Crippen LogP contribution in [0.2, 0.25) is 0 Å². The summed E-state index contributed by atoms with van der Waals surface area (Å²) in [6, 6.07) is 5.98. The Labute approximate surface area is 127 Å². The molecule has 5 nitrogen and oxygen atoms in total. The van der Waals surface area contributed by atoms with E-state index in [4.69, 9.17) is 14.2 Å². The SMILES string of the molecule is COc1cccc(CNCCCN2CCOCC2)c1OC. The molecular weight excluding hydrogens is 268 g/mol. The first-order valence-corrected chi connectivity index (χ1v) is 7.56. The average molecular weight is 294 g/mol. The van der Waals surface area contributed by atoms with Crippen LogP contribution in [-0.4, -0.2) is 58.5 Å². The monoisotopic (exact) mass is 294 g/mol. The molecule has 1 aromatic carbocycles. The molecule has 0 radical (unpaired) electrons. The molecule has 0 saturated carbocycles. The molecule has 118 valence electrons. The molecule has 0 unspecified atom stereocenters. The summed E-state index contributed by atoms with van der Waals surface area (Å²) in [5, 5.41) is 3.47. The zero-order chi connectivity index (χ0) is 14.9. The van der Waals surface area contributed by atoms with Crippen LogP contribution in [0.15, 0.2) is 18.2 Å². The lowest BCUT2D eigenvalue weighted by Crippen LogP contribution is -2.37. The summed E-state index contributed by atoms with van der Waals surface area (Å²) in [6.45, 7) is 6.78. The van der Waals surface area contributed by atoms with Crippen LogP contribution >= 0.6 is 0 Å². The van der Waals surface area contributed by atoms with Crippen molar-refractivity contribution in [3.05, 3.63) is 23.8 Å². The fraction of sp³-hybridized carbons (Fsp3) is 0.625. The number of ether oxygens (including phenoxy) is 3. The van der Waals surface area contributed by atoms with Gasteiger partial charge in [0.1, 0.15) is 0 Å². The first-order chi connectivity index (χ1) is 10.3. The topological polar surface area (TPSA) is 43.0 Å². The Bertz CT molecular complexity index is 420. The Morgan fingerprint density at radius 1 is 1.19 bits per heavy atom. The fourth-order valence-electron chi connectivity index (χ4n) is 2.57. The number of morpholine rings is 1. The van der Waals surface area contributed by atoms with Crippen molar-refractivity contribution in [2.24, 2.45) is 0 Å². The van der Waals surface area contributed by atoms with Gasteiger partial charge in [-0.25, -0.2) is 0 Å². The summed E-state index contributed by atoms with van der Waals surface area (Å²) < 4.78 is 16.1. The second kappa shape index (κ2) is 8.87. The average Bonchev–Trinajstić information content (AvgIpc) is 2.55. The molecule has 0 aromatic heterocycles. The number of hydrogen-bond acceptors (Lipinski definition) is 5. The smallest absolute Gasteiger partial charge is 0.165 e. The highest BCUT2D eigenvalue weighted by atomic mass is 16.5. The Hall–Kier alpha value is -1.30. The van der Waals surface area contributed by atoms with E-state index in [0.717, 1.165) is 69.4 Å². The highest BCUT2D eigenvalue weighted by molar-refractivity contribution is 5.46. The molecule has 5 heteroatoms. The first kappa shape index (κ1) is 16.1. The van der Waals surface area contributed by atoms with E-state index in [1.165, 1.54) is 0 Å². The van der Waals surface area contributed by atoms with E-state index in [2.05, 4.69) is 16.3 Å². The third-order valence-electron chi connectivity index (χ3n) is 3.73. The van der Waals surface area contributed by atoms with Crippen molar-refractivity contribution in [2.45, 2.75) is 13.0 Å². The number of nitrogens with one attached hydrogen (secondary N) is 1. The molecule has 1 fully saturated rings. The van der Waals surface area contributed by atoms with Gasteiger partial charge in [0.15, 0.2) is 11.5 Å². The zero-order valence-corrected chi connectivity index (χ0v) is 13.1. The van der Waals surface area contributed by atoms with Gasteiger partial charge in [-0.15, -0.1) is 0 Å². The normalized spacial score (nSPS) is 15.9.